The Bertz CT molecular complexity index is 1490. The summed E-state index contributed by atoms with van der Waals surface area (Å²) in [4.78, 5) is 28.4. The number of carbonyl (C=O) groups is 2. The summed E-state index contributed by atoms with van der Waals surface area (Å²) in [7, 11) is -2.80. The summed E-state index contributed by atoms with van der Waals surface area (Å²) in [6, 6.07) is 15.9. The highest BCUT2D eigenvalue weighted by molar-refractivity contribution is 7.92. The lowest BCUT2D eigenvalue weighted by atomic mass is 10.1. The molecule has 3 rings (SSSR count). The largest absolute Gasteiger partial charge is 0.497 e. The minimum Gasteiger partial charge on any atom is -0.497 e. The van der Waals surface area contributed by atoms with E-state index in [-0.39, 0.29) is 22.2 Å². The zero-order valence-corrected chi connectivity index (χ0v) is 26.4. The molecule has 0 bridgehead atoms. The average Bonchev–Trinajstić information content (AvgIpc) is 2.90. The summed E-state index contributed by atoms with van der Waals surface area (Å²) < 4.78 is 33.9. The lowest BCUT2D eigenvalue weighted by molar-refractivity contribution is -0.140. The van der Waals surface area contributed by atoms with Gasteiger partial charge >= 0.3 is 0 Å². The Balaban J connectivity index is 2.08. The van der Waals surface area contributed by atoms with E-state index in [1.165, 1.54) is 48.4 Å². The summed E-state index contributed by atoms with van der Waals surface area (Å²) in [5, 5.41) is 3.75. The average molecular weight is 641 g/mol. The van der Waals surface area contributed by atoms with Crippen LogP contribution in [0.4, 0.5) is 5.69 Å². The van der Waals surface area contributed by atoms with Gasteiger partial charge in [-0.05, 0) is 82.3 Å². The molecule has 0 saturated heterocycles. The first-order valence-corrected chi connectivity index (χ1v) is 15.2. The summed E-state index contributed by atoms with van der Waals surface area (Å²) >= 11 is 19.0. The quantitative estimate of drug-likeness (QED) is 0.286. The van der Waals surface area contributed by atoms with Crippen LogP contribution in [0.5, 0.6) is 5.75 Å². The molecular formula is C29H32Cl3N3O5S. The van der Waals surface area contributed by atoms with Crippen molar-refractivity contribution in [3.05, 3.63) is 87.4 Å². The third-order valence-corrected chi connectivity index (χ3v) is 8.81. The highest BCUT2D eigenvalue weighted by Crippen LogP contribution is 2.30. The number of benzene rings is 3. The number of nitrogens with one attached hydrogen (secondary N) is 1. The van der Waals surface area contributed by atoms with Crippen LogP contribution in [0.2, 0.25) is 15.1 Å². The van der Waals surface area contributed by atoms with Crippen molar-refractivity contribution in [1.82, 2.24) is 10.2 Å². The van der Waals surface area contributed by atoms with Crippen molar-refractivity contribution in [2.75, 3.05) is 18.0 Å². The molecule has 2 amide bonds. The zero-order valence-electron chi connectivity index (χ0n) is 23.3. The summed E-state index contributed by atoms with van der Waals surface area (Å²) in [5.74, 6) is -0.619. The van der Waals surface area contributed by atoms with Gasteiger partial charge in [0.05, 0.1) is 17.7 Å². The smallest absolute Gasteiger partial charge is 0.264 e. The molecule has 0 aliphatic heterocycles. The van der Waals surface area contributed by atoms with E-state index in [4.69, 9.17) is 39.5 Å². The molecule has 0 spiro atoms. The number of hydrogen-bond acceptors (Lipinski definition) is 5. The lowest BCUT2D eigenvalue weighted by Crippen LogP contribution is -2.54. The first-order chi connectivity index (χ1) is 19.1. The minimum atomic E-state index is -4.27. The first kappa shape index (κ1) is 32.5. The van der Waals surface area contributed by atoms with Gasteiger partial charge in [-0.1, -0.05) is 46.9 Å². The number of nitrogens with zero attached hydrogens (tertiary/aromatic N) is 2. The van der Waals surface area contributed by atoms with E-state index in [0.717, 1.165) is 4.31 Å². The van der Waals surface area contributed by atoms with Crippen molar-refractivity contribution in [3.63, 3.8) is 0 Å². The monoisotopic (exact) mass is 639 g/mol. The maximum atomic E-state index is 14.0. The van der Waals surface area contributed by atoms with E-state index in [1.807, 2.05) is 20.8 Å². The fourth-order valence-corrected chi connectivity index (χ4v) is 6.05. The Kier molecular flexibility index (Phi) is 10.6. The van der Waals surface area contributed by atoms with Gasteiger partial charge in [-0.2, -0.15) is 0 Å². The van der Waals surface area contributed by atoms with E-state index in [9.17, 15) is 18.0 Å². The van der Waals surface area contributed by atoms with Crippen molar-refractivity contribution in [2.45, 2.75) is 50.7 Å². The molecule has 3 aromatic carbocycles. The van der Waals surface area contributed by atoms with Crippen LogP contribution in [0, 0.1) is 0 Å². The lowest BCUT2D eigenvalue weighted by Gasteiger charge is -2.33. The number of hydrogen-bond donors (Lipinski definition) is 1. The predicted molar refractivity (Wildman–Crippen MR) is 163 cm³/mol. The Morgan fingerprint density at radius 1 is 0.951 bits per heavy atom. The highest BCUT2D eigenvalue weighted by atomic mass is 35.5. The van der Waals surface area contributed by atoms with Crippen LogP contribution < -0.4 is 14.4 Å². The Labute approximate surface area is 256 Å². The fraction of sp³-hybridized carbons (Fsp3) is 0.310. The number of amides is 2. The third kappa shape index (κ3) is 8.29. The van der Waals surface area contributed by atoms with E-state index in [0.29, 0.717) is 21.4 Å². The number of sulfonamides is 1. The second-order valence-corrected chi connectivity index (χ2v) is 13.4. The SMILES string of the molecule is COc1ccc(S(=O)(=O)N(CC(=O)N(Cc2c(Cl)cccc2Cl)[C@@H](C)C(=O)NC(C)(C)C)c2cccc(Cl)c2)cc1. The molecule has 12 heteroatoms. The Hall–Kier alpha value is -2.98. The van der Waals surface area contributed by atoms with Crippen LogP contribution in [-0.2, 0) is 26.2 Å². The van der Waals surface area contributed by atoms with Crippen LogP contribution in [0.3, 0.4) is 0 Å². The van der Waals surface area contributed by atoms with Crippen molar-refractivity contribution in [2.24, 2.45) is 0 Å². The molecule has 1 atom stereocenters. The maximum absolute atomic E-state index is 14.0. The van der Waals surface area contributed by atoms with Gasteiger partial charge in [0, 0.05) is 32.7 Å². The molecule has 0 heterocycles. The topological polar surface area (TPSA) is 96.0 Å². The predicted octanol–water partition coefficient (Wildman–Crippen LogP) is 6.18. The molecule has 1 N–H and O–H groups in total. The standard InChI is InChI=1S/C29H32Cl3N3O5S/c1-19(28(37)33-29(2,3)4)34(17-24-25(31)10-7-11-26(24)32)27(36)18-35(21-9-6-8-20(30)16-21)41(38,39)23-14-12-22(40-5)13-15-23/h6-16,19H,17-18H2,1-5H3,(H,33,37)/t19-/m0/s1. The third-order valence-electron chi connectivity index (χ3n) is 6.08. The Morgan fingerprint density at radius 2 is 1.54 bits per heavy atom. The van der Waals surface area contributed by atoms with Crippen LogP contribution >= 0.6 is 34.8 Å². The zero-order chi connectivity index (χ0) is 30.5. The van der Waals surface area contributed by atoms with Crippen molar-refractivity contribution in [1.29, 1.82) is 0 Å². The first-order valence-electron chi connectivity index (χ1n) is 12.6. The number of carbonyl (C=O) groups excluding carboxylic acids is 2. The Morgan fingerprint density at radius 3 is 2.07 bits per heavy atom. The van der Waals surface area contributed by atoms with Crippen LogP contribution in [0.1, 0.15) is 33.3 Å². The fourth-order valence-electron chi connectivity index (χ4n) is 3.95. The van der Waals surface area contributed by atoms with E-state index in [1.54, 1.807) is 37.3 Å². The van der Waals surface area contributed by atoms with Gasteiger partial charge in [0.1, 0.15) is 18.3 Å². The molecule has 0 radical (unpaired) electrons. The summed E-state index contributed by atoms with van der Waals surface area (Å²) in [6.45, 7) is 6.24. The number of rotatable bonds is 10. The highest BCUT2D eigenvalue weighted by Gasteiger charge is 2.34. The summed E-state index contributed by atoms with van der Waals surface area (Å²) in [5.41, 5.74) is 0.0169. The van der Waals surface area contributed by atoms with Crippen molar-refractivity contribution >= 4 is 62.3 Å². The molecule has 0 fully saturated rings. The molecule has 0 unspecified atom stereocenters. The maximum Gasteiger partial charge on any atom is 0.264 e. The van der Waals surface area contributed by atoms with Gasteiger partial charge in [0.25, 0.3) is 10.0 Å². The second-order valence-electron chi connectivity index (χ2n) is 10.3. The van der Waals surface area contributed by atoms with E-state index >= 15 is 0 Å². The number of anilines is 1. The normalized spacial score (nSPS) is 12.4. The second kappa shape index (κ2) is 13.3. The molecule has 41 heavy (non-hydrogen) atoms. The van der Waals surface area contributed by atoms with E-state index in [2.05, 4.69) is 5.32 Å². The van der Waals surface area contributed by atoms with Crippen molar-refractivity contribution < 1.29 is 22.7 Å². The summed E-state index contributed by atoms with van der Waals surface area (Å²) in [6.07, 6.45) is 0. The minimum absolute atomic E-state index is 0.0645. The van der Waals surface area contributed by atoms with Gasteiger partial charge in [0.15, 0.2) is 0 Å². The molecule has 8 nitrogen and oxygen atoms in total. The molecular weight excluding hydrogens is 609 g/mol. The molecule has 0 saturated carbocycles. The molecule has 220 valence electrons. The van der Waals surface area contributed by atoms with Gasteiger partial charge in [-0.25, -0.2) is 8.42 Å². The van der Waals surface area contributed by atoms with Gasteiger partial charge in [-0.15, -0.1) is 0 Å². The molecule has 0 aromatic heterocycles. The van der Waals surface area contributed by atoms with Gasteiger partial charge in [0.2, 0.25) is 11.8 Å². The van der Waals surface area contributed by atoms with Crippen LogP contribution in [0.25, 0.3) is 0 Å². The molecule has 0 aliphatic carbocycles. The van der Waals surface area contributed by atoms with Crippen LogP contribution in [-0.4, -0.2) is 50.4 Å². The van der Waals surface area contributed by atoms with Gasteiger partial charge < -0.3 is 15.0 Å². The van der Waals surface area contributed by atoms with Crippen LogP contribution in [0.15, 0.2) is 71.6 Å². The van der Waals surface area contributed by atoms with E-state index < -0.39 is 40.0 Å². The number of halogens is 3. The molecule has 0 aliphatic rings. The van der Waals surface area contributed by atoms with Crippen molar-refractivity contribution in [3.8, 4) is 5.75 Å². The number of ether oxygens (including phenoxy) is 1. The van der Waals surface area contributed by atoms with Gasteiger partial charge in [-0.3, -0.25) is 13.9 Å². The molecule has 3 aromatic rings. The number of methoxy groups -OCH3 is 1.